The fourth-order valence-corrected chi connectivity index (χ4v) is 3.56. The van der Waals surface area contributed by atoms with Crippen molar-refractivity contribution in [3.05, 3.63) is 59.7 Å². The third-order valence-corrected chi connectivity index (χ3v) is 4.94. The molecule has 0 amide bonds. The second-order valence-electron chi connectivity index (χ2n) is 6.93. The number of aliphatic imine (C=N–C) groups is 1. The summed E-state index contributed by atoms with van der Waals surface area (Å²) in [5.74, 6) is 1.74. The van der Waals surface area contributed by atoms with Gasteiger partial charge in [0, 0.05) is 39.8 Å². The molecule has 1 aliphatic heterocycles. The molecule has 1 fully saturated rings. The highest BCUT2D eigenvalue weighted by Crippen LogP contribution is 2.30. The number of hydrogen-bond acceptors (Lipinski definition) is 4. The van der Waals surface area contributed by atoms with E-state index >= 15 is 0 Å². The summed E-state index contributed by atoms with van der Waals surface area (Å²) < 4.78 is 10.7. The number of ether oxygens (including phenoxy) is 2. The van der Waals surface area contributed by atoms with Gasteiger partial charge in [0.1, 0.15) is 5.75 Å². The second kappa shape index (κ2) is 9.99. The Labute approximate surface area is 167 Å². The second-order valence-corrected chi connectivity index (χ2v) is 6.93. The maximum atomic E-state index is 5.50. The molecule has 1 atom stereocenters. The number of rotatable bonds is 7. The number of anilines is 1. The lowest BCUT2D eigenvalue weighted by Gasteiger charge is -2.22. The maximum Gasteiger partial charge on any atom is 0.191 e. The third kappa shape index (κ3) is 5.16. The average Bonchev–Trinajstić information content (AvgIpc) is 3.20. The molecule has 2 N–H and O–H groups in total. The van der Waals surface area contributed by atoms with Gasteiger partial charge in [0.15, 0.2) is 5.96 Å². The van der Waals surface area contributed by atoms with Gasteiger partial charge in [-0.2, -0.15) is 0 Å². The van der Waals surface area contributed by atoms with E-state index in [1.54, 1.807) is 14.2 Å². The van der Waals surface area contributed by atoms with Crippen LogP contribution in [0.25, 0.3) is 0 Å². The molecule has 6 heteroatoms. The van der Waals surface area contributed by atoms with Crippen molar-refractivity contribution in [1.82, 2.24) is 10.6 Å². The Morgan fingerprint density at radius 2 is 1.96 bits per heavy atom. The van der Waals surface area contributed by atoms with Crippen LogP contribution in [0.2, 0.25) is 0 Å². The molecule has 0 radical (unpaired) electrons. The van der Waals surface area contributed by atoms with Crippen LogP contribution in [0.1, 0.15) is 17.5 Å². The highest BCUT2D eigenvalue weighted by Gasteiger charge is 2.25. The van der Waals surface area contributed by atoms with Crippen molar-refractivity contribution in [2.24, 2.45) is 4.99 Å². The maximum absolute atomic E-state index is 5.50. The molecule has 1 heterocycles. The van der Waals surface area contributed by atoms with Crippen molar-refractivity contribution in [3.8, 4) is 5.75 Å². The van der Waals surface area contributed by atoms with Crippen molar-refractivity contribution in [2.75, 3.05) is 39.3 Å². The molecule has 1 unspecified atom stereocenters. The van der Waals surface area contributed by atoms with Gasteiger partial charge in [0.2, 0.25) is 0 Å². The third-order valence-electron chi connectivity index (χ3n) is 4.94. The molecule has 0 saturated carbocycles. The molecule has 3 rings (SSSR count). The highest BCUT2D eigenvalue weighted by atomic mass is 16.5. The van der Waals surface area contributed by atoms with E-state index in [9.17, 15) is 0 Å². The normalized spacial score (nSPS) is 16.9. The Kier molecular flexibility index (Phi) is 7.14. The topological polar surface area (TPSA) is 58.1 Å². The highest BCUT2D eigenvalue weighted by molar-refractivity contribution is 5.80. The van der Waals surface area contributed by atoms with E-state index in [0.29, 0.717) is 12.6 Å². The van der Waals surface area contributed by atoms with Gasteiger partial charge in [0.05, 0.1) is 19.4 Å². The SMILES string of the molecule is CN=C(NCc1cccc(COC)c1)NC1CCN(c2ccccc2OC)C1. The fourth-order valence-electron chi connectivity index (χ4n) is 3.56. The monoisotopic (exact) mass is 382 g/mol. The lowest BCUT2D eigenvalue weighted by atomic mass is 10.1. The van der Waals surface area contributed by atoms with Gasteiger partial charge < -0.3 is 25.0 Å². The first-order valence-corrected chi connectivity index (χ1v) is 9.65. The van der Waals surface area contributed by atoms with Crippen molar-refractivity contribution in [3.63, 3.8) is 0 Å². The average molecular weight is 383 g/mol. The summed E-state index contributed by atoms with van der Waals surface area (Å²) in [4.78, 5) is 6.74. The van der Waals surface area contributed by atoms with E-state index in [2.05, 4.69) is 56.9 Å². The Morgan fingerprint density at radius 1 is 1.14 bits per heavy atom. The number of hydrogen-bond donors (Lipinski definition) is 2. The Balaban J connectivity index is 1.53. The van der Waals surface area contributed by atoms with Crippen LogP contribution >= 0.6 is 0 Å². The number of para-hydroxylation sites is 2. The van der Waals surface area contributed by atoms with Crippen LogP contribution in [-0.2, 0) is 17.9 Å². The van der Waals surface area contributed by atoms with Crippen LogP contribution in [0, 0.1) is 0 Å². The lowest BCUT2D eigenvalue weighted by Crippen LogP contribution is -2.44. The molecular formula is C22H30N4O2. The van der Waals surface area contributed by atoms with E-state index in [0.717, 1.165) is 43.5 Å². The molecule has 150 valence electrons. The van der Waals surface area contributed by atoms with E-state index in [1.165, 1.54) is 11.1 Å². The van der Waals surface area contributed by atoms with Crippen LogP contribution in [-0.4, -0.2) is 46.4 Å². The van der Waals surface area contributed by atoms with Crippen molar-refractivity contribution < 1.29 is 9.47 Å². The zero-order chi connectivity index (χ0) is 19.8. The minimum Gasteiger partial charge on any atom is -0.495 e. The van der Waals surface area contributed by atoms with E-state index in [-0.39, 0.29) is 0 Å². The number of benzene rings is 2. The van der Waals surface area contributed by atoms with Gasteiger partial charge in [-0.3, -0.25) is 4.99 Å². The quantitative estimate of drug-likeness (QED) is 0.570. The first kappa shape index (κ1) is 20.0. The molecule has 2 aromatic rings. The molecule has 2 aromatic carbocycles. The zero-order valence-electron chi connectivity index (χ0n) is 16.9. The Morgan fingerprint density at radius 3 is 2.75 bits per heavy atom. The van der Waals surface area contributed by atoms with Crippen LogP contribution in [0.15, 0.2) is 53.5 Å². The molecule has 0 bridgehead atoms. The van der Waals surface area contributed by atoms with Gasteiger partial charge in [-0.05, 0) is 29.7 Å². The lowest BCUT2D eigenvalue weighted by molar-refractivity contribution is 0.185. The van der Waals surface area contributed by atoms with Crippen LogP contribution in [0.4, 0.5) is 5.69 Å². The van der Waals surface area contributed by atoms with E-state index in [4.69, 9.17) is 9.47 Å². The summed E-state index contributed by atoms with van der Waals surface area (Å²) in [6.07, 6.45) is 1.06. The number of nitrogens with zero attached hydrogens (tertiary/aromatic N) is 2. The zero-order valence-corrected chi connectivity index (χ0v) is 16.9. The summed E-state index contributed by atoms with van der Waals surface area (Å²) in [6, 6.07) is 16.9. The van der Waals surface area contributed by atoms with Crippen molar-refractivity contribution in [2.45, 2.75) is 25.6 Å². The van der Waals surface area contributed by atoms with Crippen molar-refractivity contribution in [1.29, 1.82) is 0 Å². The Hall–Kier alpha value is -2.73. The molecule has 1 saturated heterocycles. The fraction of sp³-hybridized carbons (Fsp3) is 0.409. The molecule has 28 heavy (non-hydrogen) atoms. The van der Waals surface area contributed by atoms with Gasteiger partial charge >= 0.3 is 0 Å². The van der Waals surface area contributed by atoms with Crippen LogP contribution in [0.3, 0.4) is 0 Å². The largest absolute Gasteiger partial charge is 0.495 e. The first-order valence-electron chi connectivity index (χ1n) is 9.65. The summed E-state index contributed by atoms with van der Waals surface area (Å²) in [7, 11) is 5.24. The smallest absolute Gasteiger partial charge is 0.191 e. The molecule has 0 aromatic heterocycles. The number of methoxy groups -OCH3 is 2. The summed E-state index contributed by atoms with van der Waals surface area (Å²) >= 11 is 0. The predicted molar refractivity (Wildman–Crippen MR) is 114 cm³/mol. The van der Waals surface area contributed by atoms with Gasteiger partial charge in [-0.15, -0.1) is 0 Å². The standard InChI is InChI=1S/C22H30N4O2/c1-23-22(24-14-17-7-6-8-18(13-17)16-27-2)25-19-11-12-26(15-19)20-9-4-5-10-21(20)28-3/h4-10,13,19H,11-12,14-16H2,1-3H3,(H2,23,24,25). The van der Waals surface area contributed by atoms with Crippen LogP contribution < -0.4 is 20.3 Å². The van der Waals surface area contributed by atoms with Crippen molar-refractivity contribution >= 4 is 11.6 Å². The summed E-state index contributed by atoms with van der Waals surface area (Å²) in [5.41, 5.74) is 3.53. The van der Waals surface area contributed by atoms with Gasteiger partial charge in [-0.25, -0.2) is 0 Å². The van der Waals surface area contributed by atoms with Gasteiger partial charge in [0.25, 0.3) is 0 Å². The molecule has 6 nitrogen and oxygen atoms in total. The molecular weight excluding hydrogens is 352 g/mol. The first-order chi connectivity index (χ1) is 13.7. The summed E-state index contributed by atoms with van der Waals surface area (Å²) in [6.45, 7) is 3.26. The molecule has 1 aliphatic rings. The Bertz CT molecular complexity index is 794. The van der Waals surface area contributed by atoms with Crippen LogP contribution in [0.5, 0.6) is 5.75 Å². The number of guanidine groups is 1. The minimum atomic E-state index is 0.343. The van der Waals surface area contributed by atoms with E-state index in [1.807, 2.05) is 19.2 Å². The minimum absolute atomic E-state index is 0.343. The predicted octanol–water partition coefficient (Wildman–Crippen LogP) is 2.79. The molecule has 0 aliphatic carbocycles. The summed E-state index contributed by atoms with van der Waals surface area (Å²) in [5, 5.41) is 6.96. The van der Waals surface area contributed by atoms with E-state index < -0.39 is 0 Å². The molecule has 0 spiro atoms. The number of nitrogens with one attached hydrogen (secondary N) is 2. The van der Waals surface area contributed by atoms with Gasteiger partial charge in [-0.1, -0.05) is 36.4 Å².